The highest BCUT2D eigenvalue weighted by atomic mass is 35.5. The third kappa shape index (κ3) is 1.39. The minimum absolute atomic E-state index is 0.446. The van der Waals surface area contributed by atoms with Crippen molar-refractivity contribution in [2.45, 2.75) is 25.7 Å². The lowest BCUT2D eigenvalue weighted by molar-refractivity contribution is 0.658. The Labute approximate surface area is 110 Å². The average molecular weight is 258 g/mol. The summed E-state index contributed by atoms with van der Waals surface area (Å²) < 4.78 is 5.85. The molecule has 0 spiro atoms. The largest absolute Gasteiger partial charge is 0.453 e. The fourth-order valence-corrected chi connectivity index (χ4v) is 3.10. The Kier molecular flexibility index (Phi) is 2.15. The molecule has 0 radical (unpaired) electrons. The zero-order valence-electron chi connectivity index (χ0n) is 9.87. The number of hydrogen-bond donors (Lipinski definition) is 0. The summed E-state index contributed by atoms with van der Waals surface area (Å²) in [7, 11) is 0. The van der Waals surface area contributed by atoms with Gasteiger partial charge in [-0.3, -0.25) is 0 Å². The second-order valence-electron chi connectivity index (χ2n) is 4.90. The normalized spacial score (nSPS) is 15.2. The first-order valence-electron chi connectivity index (χ1n) is 6.31. The first-order chi connectivity index (χ1) is 8.83. The highest BCUT2D eigenvalue weighted by Crippen LogP contribution is 2.35. The molecule has 3 aromatic rings. The molecule has 0 fully saturated rings. The molecule has 0 bridgehead atoms. The van der Waals surface area contributed by atoms with Crippen LogP contribution < -0.4 is 0 Å². The molecule has 0 amide bonds. The molecule has 18 heavy (non-hydrogen) atoms. The molecule has 1 aliphatic rings. The minimum atomic E-state index is 0.446. The van der Waals surface area contributed by atoms with E-state index in [1.165, 1.54) is 30.4 Å². The second-order valence-corrected chi connectivity index (χ2v) is 5.26. The highest BCUT2D eigenvalue weighted by molar-refractivity contribution is 6.34. The maximum absolute atomic E-state index is 6.08. The SMILES string of the molecule is Clc1nccc2c1oc1cc3c(cc12)CCCC3. The average Bonchev–Trinajstić information content (AvgIpc) is 2.76. The van der Waals surface area contributed by atoms with Crippen molar-refractivity contribution in [2.75, 3.05) is 0 Å². The summed E-state index contributed by atoms with van der Waals surface area (Å²) in [6.07, 6.45) is 6.64. The van der Waals surface area contributed by atoms with Crippen molar-refractivity contribution in [3.05, 3.63) is 40.7 Å². The van der Waals surface area contributed by atoms with E-state index in [2.05, 4.69) is 17.1 Å². The van der Waals surface area contributed by atoms with E-state index in [1.54, 1.807) is 6.20 Å². The van der Waals surface area contributed by atoms with Gasteiger partial charge in [0.05, 0.1) is 0 Å². The molecule has 0 unspecified atom stereocenters. The number of halogens is 1. The van der Waals surface area contributed by atoms with Gasteiger partial charge >= 0.3 is 0 Å². The smallest absolute Gasteiger partial charge is 0.172 e. The quantitative estimate of drug-likeness (QED) is 0.554. The molecule has 4 rings (SSSR count). The molecule has 0 aliphatic heterocycles. The fourth-order valence-electron chi connectivity index (χ4n) is 2.90. The van der Waals surface area contributed by atoms with Crippen molar-refractivity contribution in [3.8, 4) is 0 Å². The van der Waals surface area contributed by atoms with Gasteiger partial charge in [0.15, 0.2) is 10.7 Å². The number of pyridine rings is 1. The summed E-state index contributed by atoms with van der Waals surface area (Å²) in [5, 5.41) is 2.68. The van der Waals surface area contributed by atoms with Gasteiger partial charge < -0.3 is 4.42 Å². The van der Waals surface area contributed by atoms with Gasteiger partial charge in [0.25, 0.3) is 0 Å². The van der Waals surface area contributed by atoms with E-state index in [-0.39, 0.29) is 0 Å². The van der Waals surface area contributed by atoms with Crippen LogP contribution in [0.1, 0.15) is 24.0 Å². The number of rotatable bonds is 0. The molecule has 2 aromatic heterocycles. The second kappa shape index (κ2) is 3.72. The Morgan fingerprint density at radius 3 is 2.67 bits per heavy atom. The van der Waals surface area contributed by atoms with Gasteiger partial charge in [-0.25, -0.2) is 4.98 Å². The van der Waals surface area contributed by atoms with Crippen molar-refractivity contribution in [3.63, 3.8) is 0 Å². The summed E-state index contributed by atoms with van der Waals surface area (Å²) >= 11 is 6.08. The first kappa shape index (κ1) is 10.4. The zero-order valence-corrected chi connectivity index (χ0v) is 10.6. The van der Waals surface area contributed by atoms with E-state index in [1.807, 2.05) is 6.07 Å². The fraction of sp³-hybridized carbons (Fsp3) is 0.267. The van der Waals surface area contributed by atoms with Crippen LogP contribution in [0.4, 0.5) is 0 Å². The third-order valence-electron chi connectivity index (χ3n) is 3.81. The maximum atomic E-state index is 6.08. The lowest BCUT2D eigenvalue weighted by atomic mass is 9.90. The van der Waals surface area contributed by atoms with Crippen molar-refractivity contribution in [1.29, 1.82) is 0 Å². The van der Waals surface area contributed by atoms with Gasteiger partial charge in [0, 0.05) is 17.0 Å². The Morgan fingerprint density at radius 2 is 1.83 bits per heavy atom. The molecule has 2 heterocycles. The van der Waals surface area contributed by atoms with Crippen molar-refractivity contribution < 1.29 is 4.42 Å². The number of aryl methyl sites for hydroxylation is 2. The van der Waals surface area contributed by atoms with Crippen molar-refractivity contribution in [2.24, 2.45) is 0 Å². The van der Waals surface area contributed by atoms with E-state index in [0.29, 0.717) is 10.7 Å². The molecular weight excluding hydrogens is 246 g/mol. The predicted molar refractivity (Wildman–Crippen MR) is 73.2 cm³/mol. The number of hydrogen-bond acceptors (Lipinski definition) is 2. The van der Waals surface area contributed by atoms with Gasteiger partial charge in [-0.15, -0.1) is 0 Å². The Balaban J connectivity index is 2.12. The highest BCUT2D eigenvalue weighted by Gasteiger charge is 2.15. The minimum Gasteiger partial charge on any atom is -0.453 e. The van der Waals surface area contributed by atoms with E-state index >= 15 is 0 Å². The van der Waals surface area contributed by atoms with E-state index in [0.717, 1.165) is 22.8 Å². The Bertz CT molecular complexity index is 760. The van der Waals surface area contributed by atoms with Crippen LogP contribution in [0.15, 0.2) is 28.8 Å². The van der Waals surface area contributed by atoms with Gasteiger partial charge in [0.1, 0.15) is 5.58 Å². The van der Waals surface area contributed by atoms with Gasteiger partial charge in [-0.05, 0) is 55.0 Å². The van der Waals surface area contributed by atoms with Crippen LogP contribution in [-0.2, 0) is 12.8 Å². The maximum Gasteiger partial charge on any atom is 0.172 e. The van der Waals surface area contributed by atoms with Crippen LogP contribution in [0, 0.1) is 0 Å². The van der Waals surface area contributed by atoms with E-state index in [4.69, 9.17) is 16.0 Å². The number of benzene rings is 1. The topological polar surface area (TPSA) is 26.0 Å². The number of aromatic nitrogens is 1. The number of nitrogens with zero attached hydrogens (tertiary/aromatic N) is 1. The van der Waals surface area contributed by atoms with Crippen LogP contribution >= 0.6 is 11.6 Å². The molecule has 0 N–H and O–H groups in total. The lowest BCUT2D eigenvalue weighted by Gasteiger charge is -2.14. The summed E-state index contributed by atoms with van der Waals surface area (Å²) in [6.45, 7) is 0. The summed E-state index contributed by atoms with van der Waals surface area (Å²) in [5.74, 6) is 0. The van der Waals surface area contributed by atoms with Crippen LogP contribution in [0.25, 0.3) is 21.9 Å². The number of furan rings is 1. The molecule has 1 aromatic carbocycles. The molecule has 0 saturated heterocycles. The Morgan fingerprint density at radius 1 is 1.06 bits per heavy atom. The third-order valence-corrected chi connectivity index (χ3v) is 4.08. The van der Waals surface area contributed by atoms with Gasteiger partial charge in [0.2, 0.25) is 0 Å². The van der Waals surface area contributed by atoms with Crippen molar-refractivity contribution >= 4 is 33.5 Å². The molecular formula is C15H12ClNO. The van der Waals surface area contributed by atoms with E-state index < -0.39 is 0 Å². The predicted octanol–water partition coefficient (Wildman–Crippen LogP) is 4.51. The monoisotopic (exact) mass is 257 g/mol. The zero-order chi connectivity index (χ0) is 12.1. The first-order valence-corrected chi connectivity index (χ1v) is 6.69. The van der Waals surface area contributed by atoms with Gasteiger partial charge in [-0.2, -0.15) is 0 Å². The molecule has 2 nitrogen and oxygen atoms in total. The van der Waals surface area contributed by atoms with Crippen LogP contribution in [0.2, 0.25) is 5.15 Å². The number of fused-ring (bicyclic) bond motifs is 4. The standard InChI is InChI=1S/C15H12ClNO/c16-15-14-11(5-6-17-15)12-7-9-3-1-2-4-10(9)8-13(12)18-14/h5-8H,1-4H2. The van der Waals surface area contributed by atoms with E-state index in [9.17, 15) is 0 Å². The van der Waals surface area contributed by atoms with Crippen LogP contribution in [-0.4, -0.2) is 4.98 Å². The summed E-state index contributed by atoms with van der Waals surface area (Å²) in [6, 6.07) is 6.43. The molecule has 0 saturated carbocycles. The molecule has 0 atom stereocenters. The van der Waals surface area contributed by atoms with Crippen molar-refractivity contribution in [1.82, 2.24) is 4.98 Å². The van der Waals surface area contributed by atoms with Gasteiger partial charge in [-0.1, -0.05) is 11.6 Å². The van der Waals surface area contributed by atoms with Crippen LogP contribution in [0.3, 0.4) is 0 Å². The Hall–Kier alpha value is -1.54. The summed E-state index contributed by atoms with van der Waals surface area (Å²) in [5.41, 5.74) is 4.53. The summed E-state index contributed by atoms with van der Waals surface area (Å²) in [4.78, 5) is 4.07. The molecule has 3 heteroatoms. The van der Waals surface area contributed by atoms with Crippen LogP contribution in [0.5, 0.6) is 0 Å². The molecule has 90 valence electrons. The lowest BCUT2D eigenvalue weighted by Crippen LogP contribution is -2.01. The molecule has 1 aliphatic carbocycles.